The van der Waals surface area contributed by atoms with Gasteiger partial charge in [0.2, 0.25) is 10.0 Å². The van der Waals surface area contributed by atoms with Crippen LogP contribution in [0.25, 0.3) is 0 Å². The SMILES string of the molecule is O=C(O)CCS(=O)(=O)Nc1ccc(I)cc1Cl. The monoisotopic (exact) mass is 389 g/mol. The fraction of sp³-hybridized carbons (Fsp3) is 0.222. The number of aliphatic carboxylic acids is 1. The fourth-order valence-corrected chi connectivity index (χ4v) is 3.03. The number of hydrogen-bond acceptors (Lipinski definition) is 3. The lowest BCUT2D eigenvalue weighted by atomic mass is 10.3. The Morgan fingerprint density at radius 3 is 2.65 bits per heavy atom. The third-order valence-electron chi connectivity index (χ3n) is 1.78. The Balaban J connectivity index is 2.79. The molecular formula is C9H9ClINO4S. The van der Waals surface area contributed by atoms with Gasteiger partial charge in [0.05, 0.1) is 22.9 Å². The van der Waals surface area contributed by atoms with Gasteiger partial charge >= 0.3 is 5.97 Å². The Morgan fingerprint density at radius 1 is 1.47 bits per heavy atom. The average Bonchev–Trinajstić information content (AvgIpc) is 2.20. The van der Waals surface area contributed by atoms with Gasteiger partial charge < -0.3 is 5.11 Å². The second-order valence-electron chi connectivity index (χ2n) is 3.19. The Bertz CT molecular complexity index is 532. The molecule has 0 aliphatic carbocycles. The van der Waals surface area contributed by atoms with E-state index in [0.29, 0.717) is 0 Å². The molecule has 0 aliphatic rings. The maximum Gasteiger partial charge on any atom is 0.304 e. The minimum atomic E-state index is -3.68. The molecule has 0 atom stereocenters. The molecule has 0 fully saturated rings. The zero-order valence-electron chi connectivity index (χ0n) is 8.48. The van der Waals surface area contributed by atoms with Crippen LogP contribution in [0.5, 0.6) is 0 Å². The zero-order chi connectivity index (χ0) is 13.1. The Labute approximate surface area is 117 Å². The van der Waals surface area contributed by atoms with Crippen molar-refractivity contribution in [3.05, 3.63) is 26.8 Å². The quantitative estimate of drug-likeness (QED) is 0.756. The first-order valence-electron chi connectivity index (χ1n) is 4.47. The molecule has 5 nitrogen and oxygen atoms in total. The Morgan fingerprint density at radius 2 is 2.12 bits per heavy atom. The lowest BCUT2D eigenvalue weighted by molar-refractivity contribution is -0.136. The number of sulfonamides is 1. The zero-order valence-corrected chi connectivity index (χ0v) is 12.2. The summed E-state index contributed by atoms with van der Waals surface area (Å²) in [6.07, 6.45) is -0.447. The molecule has 0 aliphatic heterocycles. The molecule has 0 radical (unpaired) electrons. The minimum Gasteiger partial charge on any atom is -0.481 e. The van der Waals surface area contributed by atoms with E-state index in [2.05, 4.69) is 4.72 Å². The topological polar surface area (TPSA) is 83.5 Å². The highest BCUT2D eigenvalue weighted by molar-refractivity contribution is 14.1. The van der Waals surface area contributed by atoms with E-state index < -0.39 is 28.2 Å². The van der Waals surface area contributed by atoms with Crippen molar-refractivity contribution in [3.63, 3.8) is 0 Å². The van der Waals surface area contributed by atoms with Crippen LogP contribution in [-0.2, 0) is 14.8 Å². The molecule has 0 spiro atoms. The van der Waals surface area contributed by atoms with E-state index in [1.807, 2.05) is 22.6 Å². The molecule has 94 valence electrons. The van der Waals surface area contributed by atoms with Crippen LogP contribution in [0.15, 0.2) is 18.2 Å². The lowest BCUT2D eigenvalue weighted by Crippen LogP contribution is -2.19. The van der Waals surface area contributed by atoms with Crippen molar-refractivity contribution in [1.82, 2.24) is 0 Å². The first kappa shape index (κ1) is 14.5. The molecule has 1 aromatic rings. The molecular weight excluding hydrogens is 381 g/mol. The van der Waals surface area contributed by atoms with Crippen molar-refractivity contribution in [2.45, 2.75) is 6.42 Å². The van der Waals surface area contributed by atoms with Gasteiger partial charge in [0.25, 0.3) is 0 Å². The summed E-state index contributed by atoms with van der Waals surface area (Å²) >= 11 is 7.90. The van der Waals surface area contributed by atoms with Gasteiger partial charge in [-0.15, -0.1) is 0 Å². The standard InChI is InChI=1S/C9H9ClINO4S/c10-7-5-6(11)1-2-8(7)12-17(15,16)4-3-9(13)14/h1-2,5,12H,3-4H2,(H,13,14). The first-order chi connectivity index (χ1) is 7.80. The summed E-state index contributed by atoms with van der Waals surface area (Å²) in [6, 6.07) is 4.83. The highest BCUT2D eigenvalue weighted by atomic mass is 127. The van der Waals surface area contributed by atoms with Gasteiger partial charge in [-0.1, -0.05) is 11.6 Å². The fourth-order valence-electron chi connectivity index (χ4n) is 1.01. The molecule has 0 amide bonds. The van der Waals surface area contributed by atoms with Gasteiger partial charge in [-0.2, -0.15) is 0 Å². The molecule has 0 unspecified atom stereocenters. The maximum absolute atomic E-state index is 11.5. The largest absolute Gasteiger partial charge is 0.481 e. The number of carboxylic acid groups (broad SMARTS) is 1. The predicted molar refractivity (Wildman–Crippen MR) is 73.8 cm³/mol. The first-order valence-corrected chi connectivity index (χ1v) is 7.58. The number of halogens is 2. The van der Waals surface area contributed by atoms with E-state index in [9.17, 15) is 13.2 Å². The van der Waals surface area contributed by atoms with Crippen molar-refractivity contribution in [2.75, 3.05) is 10.5 Å². The van der Waals surface area contributed by atoms with Gasteiger partial charge in [-0.25, -0.2) is 8.42 Å². The normalized spacial score (nSPS) is 11.2. The number of benzene rings is 1. The molecule has 0 saturated carbocycles. The van der Waals surface area contributed by atoms with E-state index in [1.165, 1.54) is 6.07 Å². The number of carboxylic acids is 1. The average molecular weight is 390 g/mol. The predicted octanol–water partition coefficient (Wildman–Crippen LogP) is 2.16. The molecule has 17 heavy (non-hydrogen) atoms. The Kier molecular flexibility index (Phi) is 5.02. The summed E-state index contributed by atoms with van der Waals surface area (Å²) in [5, 5.41) is 8.69. The van der Waals surface area contributed by atoms with Crippen LogP contribution >= 0.6 is 34.2 Å². The molecule has 0 heterocycles. The number of nitrogens with one attached hydrogen (secondary N) is 1. The molecule has 1 rings (SSSR count). The highest BCUT2D eigenvalue weighted by Crippen LogP contribution is 2.24. The lowest BCUT2D eigenvalue weighted by Gasteiger charge is -2.08. The van der Waals surface area contributed by atoms with E-state index in [0.717, 1.165) is 3.57 Å². The molecule has 8 heteroatoms. The van der Waals surface area contributed by atoms with E-state index in [1.54, 1.807) is 12.1 Å². The van der Waals surface area contributed by atoms with Crippen molar-refractivity contribution >= 4 is 55.9 Å². The summed E-state index contributed by atoms with van der Waals surface area (Å²) in [5.74, 6) is -1.64. The van der Waals surface area contributed by atoms with Crippen LogP contribution in [0.4, 0.5) is 5.69 Å². The van der Waals surface area contributed by atoms with Crippen molar-refractivity contribution in [2.24, 2.45) is 0 Å². The number of anilines is 1. The van der Waals surface area contributed by atoms with Crippen LogP contribution in [0, 0.1) is 3.57 Å². The van der Waals surface area contributed by atoms with Crippen LogP contribution < -0.4 is 4.72 Å². The van der Waals surface area contributed by atoms with E-state index >= 15 is 0 Å². The van der Waals surface area contributed by atoms with Crippen LogP contribution in [-0.4, -0.2) is 25.2 Å². The van der Waals surface area contributed by atoms with Crippen molar-refractivity contribution in [3.8, 4) is 0 Å². The highest BCUT2D eigenvalue weighted by Gasteiger charge is 2.14. The van der Waals surface area contributed by atoms with Crippen molar-refractivity contribution in [1.29, 1.82) is 0 Å². The third kappa shape index (κ3) is 5.09. The molecule has 2 N–H and O–H groups in total. The number of hydrogen-bond donors (Lipinski definition) is 2. The van der Waals surface area contributed by atoms with E-state index in [-0.39, 0.29) is 10.7 Å². The smallest absolute Gasteiger partial charge is 0.304 e. The second kappa shape index (κ2) is 5.87. The maximum atomic E-state index is 11.5. The summed E-state index contributed by atoms with van der Waals surface area (Å²) in [6.45, 7) is 0. The number of rotatable bonds is 5. The van der Waals surface area contributed by atoms with Gasteiger partial charge in [0.15, 0.2) is 0 Å². The van der Waals surface area contributed by atoms with Crippen molar-refractivity contribution < 1.29 is 18.3 Å². The molecule has 0 aromatic heterocycles. The van der Waals surface area contributed by atoms with Crippen LogP contribution in [0.3, 0.4) is 0 Å². The van der Waals surface area contributed by atoms with Gasteiger partial charge in [-0.05, 0) is 40.8 Å². The summed E-state index contributed by atoms with van der Waals surface area (Å²) in [7, 11) is -3.68. The van der Waals surface area contributed by atoms with Crippen LogP contribution in [0.2, 0.25) is 5.02 Å². The second-order valence-corrected chi connectivity index (χ2v) is 6.68. The summed E-state index contributed by atoms with van der Waals surface area (Å²) in [5.41, 5.74) is 0.248. The van der Waals surface area contributed by atoms with Crippen LogP contribution in [0.1, 0.15) is 6.42 Å². The minimum absolute atomic E-state index is 0.248. The molecule has 0 saturated heterocycles. The third-order valence-corrected chi connectivity index (χ3v) is 4.04. The Hall–Kier alpha value is -0.540. The number of carbonyl (C=O) groups is 1. The molecule has 0 bridgehead atoms. The molecule has 1 aromatic carbocycles. The summed E-state index contributed by atoms with van der Waals surface area (Å²) in [4.78, 5) is 10.3. The van der Waals surface area contributed by atoms with E-state index in [4.69, 9.17) is 16.7 Å². The van der Waals surface area contributed by atoms with Gasteiger partial charge in [0.1, 0.15) is 0 Å². The summed E-state index contributed by atoms with van der Waals surface area (Å²) < 4.78 is 26.1. The van der Waals surface area contributed by atoms with Gasteiger partial charge in [0, 0.05) is 3.57 Å². The van der Waals surface area contributed by atoms with Gasteiger partial charge in [-0.3, -0.25) is 9.52 Å².